The number of rotatable bonds is 4. The van der Waals surface area contributed by atoms with Crippen molar-refractivity contribution in [2.24, 2.45) is 5.16 Å². The quantitative estimate of drug-likeness (QED) is 0.293. The summed E-state index contributed by atoms with van der Waals surface area (Å²) in [6.45, 7) is 1.57. The van der Waals surface area contributed by atoms with Crippen LogP contribution in [0, 0.1) is 0 Å². The van der Waals surface area contributed by atoms with Crippen LogP contribution < -0.4 is 0 Å². The zero-order valence-electron chi connectivity index (χ0n) is 12.1. The number of carbonyl (C=O) groups excluding carboxylic acids is 2. The number of hydrogen-bond acceptors (Lipinski definition) is 4. The number of benzene rings is 2. The van der Waals surface area contributed by atoms with E-state index in [0.717, 1.165) is 17.1 Å². The van der Waals surface area contributed by atoms with Crippen molar-refractivity contribution in [2.75, 3.05) is 0 Å². The molecule has 114 valence electrons. The molecule has 0 amide bonds. The number of carbonyl (C=O) groups is 2. The lowest BCUT2D eigenvalue weighted by Gasteiger charge is -1.96. The first kappa shape index (κ1) is 17.8. The van der Waals surface area contributed by atoms with Crippen molar-refractivity contribution >= 4 is 33.7 Å². The minimum atomic E-state index is -0.298. The Hall–Kier alpha value is -2.27. The molecule has 5 heteroatoms. The predicted molar refractivity (Wildman–Crippen MR) is 90.1 cm³/mol. The zero-order chi connectivity index (χ0) is 16.4. The molecule has 0 bridgehead atoms. The van der Waals surface area contributed by atoms with Crippen LogP contribution >= 0.6 is 15.9 Å². The number of hydrogen-bond donors (Lipinski definition) is 1. The topological polar surface area (TPSA) is 66.7 Å². The van der Waals surface area contributed by atoms with Gasteiger partial charge in [-0.1, -0.05) is 75.7 Å². The van der Waals surface area contributed by atoms with Crippen LogP contribution in [0.4, 0.5) is 0 Å². The number of Topliss-reactive ketones (excluding diaryl/α,β-unsaturated/α-hetero) is 2. The maximum absolute atomic E-state index is 10.9. The van der Waals surface area contributed by atoms with Gasteiger partial charge in [-0.05, 0) is 12.5 Å². The van der Waals surface area contributed by atoms with Crippen LogP contribution in [-0.2, 0) is 5.33 Å². The van der Waals surface area contributed by atoms with Gasteiger partial charge in [0.15, 0.2) is 5.78 Å². The SMILES string of the molecule is CC(=O)c1ccc(CBr)cc1.O=C(C=NO)c1ccccc1. The summed E-state index contributed by atoms with van der Waals surface area (Å²) in [4.78, 5) is 21.8. The van der Waals surface area contributed by atoms with Gasteiger partial charge in [0.25, 0.3) is 0 Å². The van der Waals surface area contributed by atoms with Crippen molar-refractivity contribution in [3.05, 3.63) is 71.3 Å². The highest BCUT2D eigenvalue weighted by Crippen LogP contribution is 2.07. The first-order valence-corrected chi connectivity index (χ1v) is 7.63. The Bertz CT molecular complexity index is 637. The maximum Gasteiger partial charge on any atom is 0.207 e. The van der Waals surface area contributed by atoms with E-state index in [9.17, 15) is 9.59 Å². The fourth-order valence-electron chi connectivity index (χ4n) is 1.56. The van der Waals surface area contributed by atoms with Gasteiger partial charge in [0, 0.05) is 16.5 Å². The molecule has 1 N–H and O–H groups in total. The van der Waals surface area contributed by atoms with Crippen LogP contribution in [-0.4, -0.2) is 23.0 Å². The van der Waals surface area contributed by atoms with E-state index in [0.29, 0.717) is 5.56 Å². The summed E-state index contributed by atoms with van der Waals surface area (Å²) in [5.41, 5.74) is 2.48. The summed E-state index contributed by atoms with van der Waals surface area (Å²) in [7, 11) is 0. The van der Waals surface area contributed by atoms with E-state index in [2.05, 4.69) is 21.1 Å². The number of alkyl halides is 1. The first-order valence-electron chi connectivity index (χ1n) is 6.51. The highest BCUT2D eigenvalue weighted by atomic mass is 79.9. The van der Waals surface area contributed by atoms with Gasteiger partial charge < -0.3 is 5.21 Å². The Balaban J connectivity index is 0.000000220. The maximum atomic E-state index is 10.9. The zero-order valence-corrected chi connectivity index (χ0v) is 13.7. The van der Waals surface area contributed by atoms with Gasteiger partial charge in [0.1, 0.15) is 6.21 Å². The van der Waals surface area contributed by atoms with Gasteiger partial charge in [0.2, 0.25) is 5.78 Å². The molecule has 0 radical (unpaired) electrons. The number of halogens is 1. The van der Waals surface area contributed by atoms with Gasteiger partial charge in [-0.2, -0.15) is 0 Å². The van der Waals surface area contributed by atoms with Gasteiger partial charge in [-0.25, -0.2) is 0 Å². The Morgan fingerprint density at radius 1 is 1.05 bits per heavy atom. The van der Waals surface area contributed by atoms with Crippen LogP contribution in [0.1, 0.15) is 33.2 Å². The third-order valence-electron chi connectivity index (χ3n) is 2.75. The highest BCUT2D eigenvalue weighted by molar-refractivity contribution is 9.08. The molecule has 0 spiro atoms. The van der Waals surface area contributed by atoms with E-state index in [1.54, 1.807) is 31.2 Å². The molecule has 0 unspecified atom stereocenters. The molecule has 0 heterocycles. The molecule has 2 rings (SSSR count). The summed E-state index contributed by atoms with van der Waals surface area (Å²) >= 11 is 3.33. The van der Waals surface area contributed by atoms with Crippen LogP contribution in [0.25, 0.3) is 0 Å². The molecule has 0 saturated carbocycles. The van der Waals surface area contributed by atoms with Crippen molar-refractivity contribution in [1.29, 1.82) is 0 Å². The minimum Gasteiger partial charge on any atom is -0.411 e. The average Bonchev–Trinajstić information content (AvgIpc) is 2.56. The first-order chi connectivity index (χ1) is 10.6. The molecule has 0 aromatic heterocycles. The number of oxime groups is 1. The summed E-state index contributed by atoms with van der Waals surface area (Å²) in [5, 5.41) is 11.5. The third kappa shape index (κ3) is 6.01. The van der Waals surface area contributed by atoms with E-state index in [1.807, 2.05) is 30.3 Å². The Morgan fingerprint density at radius 2 is 1.64 bits per heavy atom. The van der Waals surface area contributed by atoms with Gasteiger partial charge in [-0.3, -0.25) is 9.59 Å². The molecule has 0 saturated heterocycles. The molecular weight excluding hydrogens is 346 g/mol. The van der Waals surface area contributed by atoms with Crippen LogP contribution in [0.3, 0.4) is 0 Å². The lowest BCUT2D eigenvalue weighted by molar-refractivity contribution is 0.101. The Morgan fingerprint density at radius 3 is 2.09 bits per heavy atom. The van der Waals surface area contributed by atoms with E-state index < -0.39 is 0 Å². The monoisotopic (exact) mass is 361 g/mol. The molecular formula is C17H16BrNO3. The standard InChI is InChI=1S/C9H9BrO.C8H7NO2/c1-7(11)9-4-2-8(6-10)3-5-9;10-8(6-9-11)7-4-2-1-3-5-7/h2-5H,6H2,1H3;1-6,11H. The summed E-state index contributed by atoms with van der Waals surface area (Å²) in [6.07, 6.45) is 0.870. The van der Waals surface area contributed by atoms with Crippen molar-refractivity contribution in [3.8, 4) is 0 Å². The molecule has 2 aromatic carbocycles. The van der Waals surface area contributed by atoms with Crippen molar-refractivity contribution < 1.29 is 14.8 Å². The lowest BCUT2D eigenvalue weighted by Crippen LogP contribution is -1.98. The summed E-state index contributed by atoms with van der Waals surface area (Å²) in [5.74, 6) is -0.181. The fraction of sp³-hybridized carbons (Fsp3) is 0.118. The van der Waals surface area contributed by atoms with Crippen molar-refractivity contribution in [3.63, 3.8) is 0 Å². The van der Waals surface area contributed by atoms with Gasteiger partial charge in [-0.15, -0.1) is 0 Å². The van der Waals surface area contributed by atoms with E-state index >= 15 is 0 Å². The van der Waals surface area contributed by atoms with Crippen molar-refractivity contribution in [2.45, 2.75) is 12.3 Å². The normalized spacial score (nSPS) is 9.91. The molecule has 0 fully saturated rings. The van der Waals surface area contributed by atoms with Crippen LogP contribution in [0.5, 0.6) is 0 Å². The smallest absolute Gasteiger partial charge is 0.207 e. The van der Waals surface area contributed by atoms with E-state index in [-0.39, 0.29) is 11.6 Å². The predicted octanol–water partition coefficient (Wildman–Crippen LogP) is 4.11. The van der Waals surface area contributed by atoms with E-state index in [4.69, 9.17) is 5.21 Å². The van der Waals surface area contributed by atoms with Crippen molar-refractivity contribution in [1.82, 2.24) is 0 Å². The molecule has 0 aliphatic heterocycles. The summed E-state index contributed by atoms with van der Waals surface area (Å²) in [6, 6.07) is 16.2. The molecule has 4 nitrogen and oxygen atoms in total. The second-order valence-electron chi connectivity index (χ2n) is 4.36. The van der Waals surface area contributed by atoms with Gasteiger partial charge >= 0.3 is 0 Å². The number of nitrogens with zero attached hydrogens (tertiary/aromatic N) is 1. The fourth-order valence-corrected chi connectivity index (χ4v) is 1.93. The van der Waals surface area contributed by atoms with Crippen LogP contribution in [0.2, 0.25) is 0 Å². The Labute approximate surface area is 137 Å². The molecule has 0 aliphatic carbocycles. The highest BCUT2D eigenvalue weighted by Gasteiger charge is 1.99. The molecule has 0 aliphatic rings. The third-order valence-corrected chi connectivity index (χ3v) is 3.40. The van der Waals surface area contributed by atoms with Gasteiger partial charge in [0.05, 0.1) is 0 Å². The number of ketones is 2. The lowest BCUT2D eigenvalue weighted by atomic mass is 10.1. The molecule has 22 heavy (non-hydrogen) atoms. The van der Waals surface area contributed by atoms with Crippen LogP contribution in [0.15, 0.2) is 59.8 Å². The largest absolute Gasteiger partial charge is 0.411 e. The minimum absolute atomic E-state index is 0.117. The van der Waals surface area contributed by atoms with E-state index in [1.165, 1.54) is 5.56 Å². The molecule has 2 aromatic rings. The second-order valence-corrected chi connectivity index (χ2v) is 4.92. The summed E-state index contributed by atoms with van der Waals surface area (Å²) < 4.78 is 0. The Kier molecular flexibility index (Phi) is 7.78. The molecule has 0 atom stereocenters. The second kappa shape index (κ2) is 9.63. The average molecular weight is 362 g/mol.